The summed E-state index contributed by atoms with van der Waals surface area (Å²) in [6.45, 7) is 2.16. The Balaban J connectivity index is 2.11. The Kier molecular flexibility index (Phi) is 2.74. The van der Waals surface area contributed by atoms with Gasteiger partial charge in [0.05, 0.1) is 18.1 Å². The number of nitrogen functional groups attached to an aromatic ring is 1. The fourth-order valence-corrected chi connectivity index (χ4v) is 2.13. The summed E-state index contributed by atoms with van der Waals surface area (Å²) >= 11 is 0. The molecule has 0 bridgehead atoms. The van der Waals surface area contributed by atoms with Gasteiger partial charge in [-0.05, 0) is 13.0 Å². The van der Waals surface area contributed by atoms with E-state index < -0.39 is 0 Å². The van der Waals surface area contributed by atoms with Crippen LogP contribution in [0.1, 0.15) is 11.5 Å². The highest BCUT2D eigenvalue weighted by atomic mass is 16.1. The third-order valence-electron chi connectivity index (χ3n) is 3.24. The van der Waals surface area contributed by atoms with E-state index in [2.05, 4.69) is 15.1 Å². The number of pyridine rings is 1. The Morgan fingerprint density at radius 3 is 2.85 bits per heavy atom. The first-order valence-corrected chi connectivity index (χ1v) is 6.17. The lowest BCUT2D eigenvalue weighted by atomic mass is 10.3. The second-order valence-corrected chi connectivity index (χ2v) is 4.62. The fraction of sp³-hybridized carbons (Fsp3) is 0.231. The zero-order valence-corrected chi connectivity index (χ0v) is 11.2. The van der Waals surface area contributed by atoms with Gasteiger partial charge in [-0.3, -0.25) is 9.48 Å². The average Bonchev–Trinajstić information content (AvgIpc) is 2.77. The summed E-state index contributed by atoms with van der Waals surface area (Å²) in [5, 5.41) is 4.82. The Bertz CT molecular complexity index is 848. The predicted octanol–water partition coefficient (Wildman–Crippen LogP) is 0.464. The number of hydrogen-bond acceptors (Lipinski definition) is 5. The molecule has 7 heteroatoms. The summed E-state index contributed by atoms with van der Waals surface area (Å²) in [5.74, 6) is 0.870. The molecule has 102 valence electrons. The van der Waals surface area contributed by atoms with Crippen LogP contribution in [0.15, 0.2) is 29.2 Å². The molecule has 3 aromatic heterocycles. The van der Waals surface area contributed by atoms with Crippen LogP contribution in [-0.4, -0.2) is 24.3 Å². The Morgan fingerprint density at radius 2 is 2.10 bits per heavy atom. The molecule has 0 aromatic carbocycles. The summed E-state index contributed by atoms with van der Waals surface area (Å²) in [7, 11) is 1.79. The van der Waals surface area contributed by atoms with Crippen molar-refractivity contribution in [3.8, 4) is 0 Å². The molecule has 7 nitrogen and oxygen atoms in total. The molecule has 3 rings (SSSR count). The maximum Gasteiger partial charge on any atom is 0.251 e. The average molecular weight is 270 g/mol. The van der Waals surface area contributed by atoms with Crippen LogP contribution >= 0.6 is 0 Å². The minimum atomic E-state index is -0.0859. The summed E-state index contributed by atoms with van der Waals surface area (Å²) in [6.07, 6.45) is 1.63. The Morgan fingerprint density at radius 1 is 1.30 bits per heavy atom. The van der Waals surface area contributed by atoms with E-state index in [1.54, 1.807) is 28.6 Å². The molecule has 0 radical (unpaired) electrons. The number of nitrogens with zero attached hydrogens (tertiary/aromatic N) is 5. The van der Waals surface area contributed by atoms with Gasteiger partial charge in [-0.1, -0.05) is 6.07 Å². The van der Waals surface area contributed by atoms with Crippen LogP contribution in [0.5, 0.6) is 0 Å². The summed E-state index contributed by atoms with van der Waals surface area (Å²) in [5.41, 5.74) is 7.34. The van der Waals surface area contributed by atoms with Gasteiger partial charge in [0.25, 0.3) is 5.56 Å². The fourth-order valence-electron chi connectivity index (χ4n) is 2.13. The van der Waals surface area contributed by atoms with E-state index in [1.807, 2.05) is 13.0 Å². The van der Waals surface area contributed by atoms with Crippen molar-refractivity contribution in [2.45, 2.75) is 13.5 Å². The first-order valence-electron chi connectivity index (χ1n) is 6.17. The minimum absolute atomic E-state index is 0.0859. The molecule has 3 aromatic rings. The van der Waals surface area contributed by atoms with E-state index in [4.69, 9.17) is 5.73 Å². The number of aromatic nitrogens is 5. The lowest BCUT2D eigenvalue weighted by Gasteiger charge is -2.09. The highest BCUT2D eigenvalue weighted by Gasteiger charge is 2.10. The van der Waals surface area contributed by atoms with Gasteiger partial charge in [0.1, 0.15) is 5.82 Å². The molecular weight excluding hydrogens is 256 g/mol. The smallest absolute Gasteiger partial charge is 0.251 e. The number of anilines is 1. The van der Waals surface area contributed by atoms with Crippen molar-refractivity contribution in [3.05, 3.63) is 46.3 Å². The number of nitrogens with two attached hydrogens (primary N) is 1. The van der Waals surface area contributed by atoms with Crippen LogP contribution in [0.2, 0.25) is 0 Å². The standard InChI is InChI=1S/C13H14N6O/c1-8-4-3-5-11(20)19(8)7-10-16-12(14)9-6-15-18(2)13(9)17-10/h3-6H,7H2,1-2H3,(H2,14,16,17). The van der Waals surface area contributed by atoms with E-state index in [9.17, 15) is 4.79 Å². The Labute approximate surface area is 114 Å². The highest BCUT2D eigenvalue weighted by molar-refractivity contribution is 5.84. The zero-order valence-electron chi connectivity index (χ0n) is 11.2. The van der Waals surface area contributed by atoms with E-state index in [1.165, 1.54) is 6.07 Å². The first-order chi connectivity index (χ1) is 9.56. The molecule has 0 saturated carbocycles. The van der Waals surface area contributed by atoms with Crippen LogP contribution in [0.25, 0.3) is 11.0 Å². The van der Waals surface area contributed by atoms with Gasteiger partial charge in [0, 0.05) is 18.8 Å². The van der Waals surface area contributed by atoms with Crippen molar-refractivity contribution in [2.75, 3.05) is 5.73 Å². The number of hydrogen-bond donors (Lipinski definition) is 1. The van der Waals surface area contributed by atoms with Crippen molar-refractivity contribution in [2.24, 2.45) is 7.05 Å². The van der Waals surface area contributed by atoms with Crippen molar-refractivity contribution >= 4 is 16.9 Å². The molecule has 0 aliphatic carbocycles. The maximum absolute atomic E-state index is 11.9. The quantitative estimate of drug-likeness (QED) is 0.730. The second-order valence-electron chi connectivity index (χ2n) is 4.62. The van der Waals surface area contributed by atoms with Gasteiger partial charge >= 0.3 is 0 Å². The Hall–Kier alpha value is -2.70. The number of rotatable bonds is 2. The van der Waals surface area contributed by atoms with Gasteiger partial charge in [0.2, 0.25) is 0 Å². The predicted molar refractivity (Wildman–Crippen MR) is 75.3 cm³/mol. The molecule has 0 unspecified atom stereocenters. The van der Waals surface area contributed by atoms with Crippen LogP contribution in [0.4, 0.5) is 5.82 Å². The van der Waals surface area contributed by atoms with Gasteiger partial charge in [-0.2, -0.15) is 5.10 Å². The lowest BCUT2D eigenvalue weighted by Crippen LogP contribution is -2.22. The molecule has 0 aliphatic rings. The van der Waals surface area contributed by atoms with Crippen LogP contribution < -0.4 is 11.3 Å². The zero-order chi connectivity index (χ0) is 14.3. The van der Waals surface area contributed by atoms with Gasteiger partial charge < -0.3 is 10.3 Å². The van der Waals surface area contributed by atoms with E-state index in [0.29, 0.717) is 22.7 Å². The summed E-state index contributed by atoms with van der Waals surface area (Å²) in [6, 6.07) is 5.11. The highest BCUT2D eigenvalue weighted by Crippen LogP contribution is 2.16. The first kappa shape index (κ1) is 12.3. The van der Waals surface area contributed by atoms with Gasteiger partial charge in [-0.15, -0.1) is 0 Å². The van der Waals surface area contributed by atoms with E-state index in [-0.39, 0.29) is 12.1 Å². The molecular formula is C13H14N6O. The topological polar surface area (TPSA) is 91.6 Å². The lowest BCUT2D eigenvalue weighted by molar-refractivity contribution is 0.691. The van der Waals surface area contributed by atoms with Crippen LogP contribution in [0.3, 0.4) is 0 Å². The van der Waals surface area contributed by atoms with Crippen molar-refractivity contribution in [1.82, 2.24) is 24.3 Å². The SMILES string of the molecule is Cc1cccc(=O)n1Cc1nc(N)c2cnn(C)c2n1. The maximum atomic E-state index is 11.9. The minimum Gasteiger partial charge on any atom is -0.383 e. The molecule has 2 N–H and O–H groups in total. The molecule has 0 amide bonds. The van der Waals surface area contributed by atoms with Gasteiger partial charge in [0.15, 0.2) is 11.5 Å². The van der Waals surface area contributed by atoms with Crippen molar-refractivity contribution in [1.29, 1.82) is 0 Å². The van der Waals surface area contributed by atoms with Crippen LogP contribution in [0, 0.1) is 6.92 Å². The monoisotopic (exact) mass is 270 g/mol. The molecule has 0 saturated heterocycles. The van der Waals surface area contributed by atoms with Gasteiger partial charge in [-0.25, -0.2) is 9.97 Å². The molecule has 3 heterocycles. The van der Waals surface area contributed by atoms with E-state index >= 15 is 0 Å². The summed E-state index contributed by atoms with van der Waals surface area (Å²) in [4.78, 5) is 20.5. The molecule has 0 aliphatic heterocycles. The molecule has 0 atom stereocenters. The largest absolute Gasteiger partial charge is 0.383 e. The molecule has 0 fully saturated rings. The second kappa shape index (κ2) is 4.44. The third kappa shape index (κ3) is 1.93. The molecule has 0 spiro atoms. The number of fused-ring (bicyclic) bond motifs is 1. The third-order valence-corrected chi connectivity index (χ3v) is 3.24. The summed E-state index contributed by atoms with van der Waals surface area (Å²) < 4.78 is 3.24. The van der Waals surface area contributed by atoms with Crippen LogP contribution in [-0.2, 0) is 13.6 Å². The molecule has 20 heavy (non-hydrogen) atoms. The van der Waals surface area contributed by atoms with E-state index in [0.717, 1.165) is 5.69 Å². The van der Waals surface area contributed by atoms with Crippen molar-refractivity contribution < 1.29 is 0 Å². The normalized spacial score (nSPS) is 11.1. The van der Waals surface area contributed by atoms with Crippen molar-refractivity contribution in [3.63, 3.8) is 0 Å². The number of aryl methyl sites for hydroxylation is 2.